The van der Waals surface area contributed by atoms with Gasteiger partial charge < -0.3 is 10.6 Å². The van der Waals surface area contributed by atoms with Crippen LogP contribution in [0.2, 0.25) is 0 Å². The van der Waals surface area contributed by atoms with Gasteiger partial charge in [-0.2, -0.15) is 18.2 Å². The Morgan fingerprint density at radius 1 is 0.848 bits per heavy atom. The normalized spacial score (nSPS) is 11.6. The number of hydrogen-bond acceptors (Lipinski definition) is 4. The van der Waals surface area contributed by atoms with E-state index in [0.717, 1.165) is 43.9 Å². The summed E-state index contributed by atoms with van der Waals surface area (Å²) in [5, 5.41) is 5.82. The summed E-state index contributed by atoms with van der Waals surface area (Å²) in [6.45, 7) is 6.45. The number of alkyl halides is 3. The van der Waals surface area contributed by atoms with E-state index in [1.807, 2.05) is 36.4 Å². The second-order valence-corrected chi connectivity index (χ2v) is 8.65. The first-order valence-corrected chi connectivity index (χ1v) is 11.4. The van der Waals surface area contributed by atoms with E-state index in [4.69, 9.17) is 0 Å². The van der Waals surface area contributed by atoms with Crippen LogP contribution >= 0.6 is 0 Å². The molecular formula is C26H31F3N4. The monoisotopic (exact) mass is 456 g/mol. The lowest BCUT2D eigenvalue weighted by atomic mass is 10.0. The number of halogens is 3. The lowest BCUT2D eigenvalue weighted by Gasteiger charge is -2.15. The van der Waals surface area contributed by atoms with Crippen LogP contribution in [0.25, 0.3) is 0 Å². The number of nitrogens with one attached hydrogen (secondary N) is 2. The molecule has 0 unspecified atom stereocenters. The average molecular weight is 457 g/mol. The quantitative estimate of drug-likeness (QED) is 0.304. The average Bonchev–Trinajstić information content (AvgIpc) is 2.75. The van der Waals surface area contributed by atoms with Crippen LogP contribution in [-0.4, -0.2) is 9.97 Å². The van der Waals surface area contributed by atoms with Crippen LogP contribution in [0.4, 0.5) is 36.3 Å². The van der Waals surface area contributed by atoms with Crippen molar-refractivity contribution < 1.29 is 13.2 Å². The van der Waals surface area contributed by atoms with Gasteiger partial charge in [0.2, 0.25) is 5.95 Å². The Balaban J connectivity index is 1.77. The Hall–Kier alpha value is -3.09. The van der Waals surface area contributed by atoms with Crippen molar-refractivity contribution >= 4 is 23.1 Å². The number of rotatable bonds is 10. The van der Waals surface area contributed by atoms with Gasteiger partial charge >= 0.3 is 6.18 Å². The first-order chi connectivity index (χ1) is 15.7. The molecule has 2 aromatic carbocycles. The van der Waals surface area contributed by atoms with E-state index in [9.17, 15) is 13.2 Å². The molecule has 0 spiro atoms. The molecular weight excluding hydrogens is 425 g/mol. The maximum absolute atomic E-state index is 13.6. The van der Waals surface area contributed by atoms with Gasteiger partial charge in [-0.05, 0) is 60.6 Å². The fraction of sp³-hybridized carbons (Fsp3) is 0.385. The molecule has 33 heavy (non-hydrogen) atoms. The molecule has 176 valence electrons. The van der Waals surface area contributed by atoms with E-state index in [1.165, 1.54) is 5.56 Å². The Labute approximate surface area is 193 Å². The highest BCUT2D eigenvalue weighted by Crippen LogP contribution is 2.35. The molecule has 3 rings (SSSR count). The van der Waals surface area contributed by atoms with Crippen molar-refractivity contribution in [2.24, 2.45) is 5.92 Å². The van der Waals surface area contributed by atoms with Gasteiger partial charge in [0.05, 0.1) is 0 Å². The molecule has 0 saturated carbocycles. The number of anilines is 4. The molecule has 3 aromatic rings. The second-order valence-electron chi connectivity index (χ2n) is 8.65. The van der Waals surface area contributed by atoms with Crippen LogP contribution in [-0.2, 0) is 19.0 Å². The summed E-state index contributed by atoms with van der Waals surface area (Å²) < 4.78 is 40.7. The Morgan fingerprint density at radius 2 is 1.45 bits per heavy atom. The molecule has 1 aromatic heterocycles. The number of nitrogens with zero attached hydrogens (tertiary/aromatic N) is 2. The number of aromatic nitrogens is 2. The highest BCUT2D eigenvalue weighted by atomic mass is 19.4. The molecule has 2 N–H and O–H groups in total. The van der Waals surface area contributed by atoms with Crippen molar-refractivity contribution in [2.45, 2.75) is 59.1 Å². The molecule has 0 aliphatic heterocycles. The zero-order chi connectivity index (χ0) is 23.8. The van der Waals surface area contributed by atoms with E-state index >= 15 is 0 Å². The Kier molecular flexibility index (Phi) is 8.31. The van der Waals surface area contributed by atoms with Gasteiger partial charge in [0.25, 0.3) is 0 Å². The third-order valence-electron chi connectivity index (χ3n) is 5.23. The van der Waals surface area contributed by atoms with Gasteiger partial charge in [-0.15, -0.1) is 0 Å². The molecule has 0 amide bonds. The minimum absolute atomic E-state index is 0.0956. The van der Waals surface area contributed by atoms with Crippen molar-refractivity contribution in [3.05, 3.63) is 71.4 Å². The predicted octanol–water partition coefficient (Wildman–Crippen LogP) is 7.91. The molecule has 0 atom stereocenters. The van der Waals surface area contributed by atoms with Crippen molar-refractivity contribution in [2.75, 3.05) is 10.6 Å². The van der Waals surface area contributed by atoms with Crippen LogP contribution in [0.5, 0.6) is 0 Å². The predicted molar refractivity (Wildman–Crippen MR) is 128 cm³/mol. The van der Waals surface area contributed by atoms with E-state index < -0.39 is 11.7 Å². The van der Waals surface area contributed by atoms with Crippen molar-refractivity contribution in [1.29, 1.82) is 0 Å². The van der Waals surface area contributed by atoms with E-state index in [1.54, 1.807) is 12.1 Å². The van der Waals surface area contributed by atoms with Crippen LogP contribution in [0, 0.1) is 5.92 Å². The molecule has 0 aliphatic carbocycles. The lowest BCUT2D eigenvalue weighted by molar-refractivity contribution is -0.137. The molecule has 0 radical (unpaired) electrons. The van der Waals surface area contributed by atoms with E-state index in [-0.39, 0.29) is 11.8 Å². The SMILES string of the molecule is CCCCCc1ccc(Nc2nc(Nc3ccc(CC(C)C)cc3)ncc2C(F)(F)F)cc1. The zero-order valence-corrected chi connectivity index (χ0v) is 19.3. The first-order valence-electron chi connectivity index (χ1n) is 11.4. The van der Waals surface area contributed by atoms with Crippen LogP contribution in [0.3, 0.4) is 0 Å². The van der Waals surface area contributed by atoms with Gasteiger partial charge in [0.1, 0.15) is 11.4 Å². The van der Waals surface area contributed by atoms with Gasteiger partial charge in [0, 0.05) is 17.6 Å². The van der Waals surface area contributed by atoms with Gasteiger partial charge in [-0.3, -0.25) is 0 Å². The summed E-state index contributed by atoms with van der Waals surface area (Å²) in [6.07, 6.45) is 1.56. The number of unbranched alkanes of at least 4 members (excludes halogenated alkanes) is 2. The summed E-state index contributed by atoms with van der Waals surface area (Å²) in [4.78, 5) is 8.02. The summed E-state index contributed by atoms with van der Waals surface area (Å²) in [7, 11) is 0. The van der Waals surface area contributed by atoms with Crippen LogP contribution in [0.1, 0.15) is 56.7 Å². The maximum Gasteiger partial charge on any atom is 0.421 e. The molecule has 0 fully saturated rings. The summed E-state index contributed by atoms with van der Waals surface area (Å²) in [6, 6.07) is 15.2. The van der Waals surface area contributed by atoms with Gasteiger partial charge in [-0.25, -0.2) is 4.98 Å². The van der Waals surface area contributed by atoms with Crippen LogP contribution < -0.4 is 10.6 Å². The van der Waals surface area contributed by atoms with Gasteiger partial charge in [-0.1, -0.05) is 57.9 Å². The molecule has 0 saturated heterocycles. The smallest absolute Gasteiger partial charge is 0.340 e. The molecule has 0 bridgehead atoms. The summed E-state index contributed by atoms with van der Waals surface area (Å²) in [5.74, 6) is 0.356. The first kappa shape index (κ1) is 24.6. The molecule has 0 aliphatic rings. The fourth-order valence-electron chi connectivity index (χ4n) is 3.54. The fourth-order valence-corrected chi connectivity index (χ4v) is 3.54. The van der Waals surface area contributed by atoms with Crippen molar-refractivity contribution in [1.82, 2.24) is 9.97 Å². The third-order valence-corrected chi connectivity index (χ3v) is 5.23. The zero-order valence-electron chi connectivity index (χ0n) is 19.3. The number of benzene rings is 2. The lowest BCUT2D eigenvalue weighted by Crippen LogP contribution is -2.12. The minimum atomic E-state index is -4.57. The topological polar surface area (TPSA) is 49.8 Å². The standard InChI is InChI=1S/C26H31F3N4/c1-4-5-6-7-19-8-12-21(13-9-19)31-24-23(26(27,28)29)17-30-25(33-24)32-22-14-10-20(11-15-22)16-18(2)3/h8-15,17-18H,4-7,16H2,1-3H3,(H2,30,31,32,33). The second kappa shape index (κ2) is 11.2. The highest BCUT2D eigenvalue weighted by molar-refractivity contribution is 5.63. The molecule has 1 heterocycles. The van der Waals surface area contributed by atoms with E-state index in [2.05, 4.69) is 41.4 Å². The van der Waals surface area contributed by atoms with E-state index in [0.29, 0.717) is 17.3 Å². The third kappa shape index (κ3) is 7.48. The van der Waals surface area contributed by atoms with Crippen molar-refractivity contribution in [3.63, 3.8) is 0 Å². The number of hydrogen-bond donors (Lipinski definition) is 2. The minimum Gasteiger partial charge on any atom is -0.340 e. The summed E-state index contributed by atoms with van der Waals surface area (Å²) >= 11 is 0. The molecule has 4 nitrogen and oxygen atoms in total. The largest absolute Gasteiger partial charge is 0.421 e. The summed E-state index contributed by atoms with van der Waals surface area (Å²) in [5.41, 5.74) is 2.71. The Bertz CT molecular complexity index is 1010. The number of aryl methyl sites for hydroxylation is 1. The van der Waals surface area contributed by atoms with Crippen LogP contribution in [0.15, 0.2) is 54.7 Å². The van der Waals surface area contributed by atoms with Crippen molar-refractivity contribution in [3.8, 4) is 0 Å². The van der Waals surface area contributed by atoms with Gasteiger partial charge in [0.15, 0.2) is 0 Å². The molecule has 7 heteroatoms. The highest BCUT2D eigenvalue weighted by Gasteiger charge is 2.35. The Morgan fingerprint density at radius 3 is 2.03 bits per heavy atom. The maximum atomic E-state index is 13.6.